The van der Waals surface area contributed by atoms with E-state index in [0.29, 0.717) is 23.4 Å². The third-order valence-electron chi connectivity index (χ3n) is 5.74. The summed E-state index contributed by atoms with van der Waals surface area (Å²) in [4.78, 5) is 20.6. The molecule has 6 nitrogen and oxygen atoms in total. The molecule has 0 fully saturated rings. The second kappa shape index (κ2) is 9.13. The zero-order chi connectivity index (χ0) is 23.0. The first-order valence-electron chi connectivity index (χ1n) is 10.5. The third kappa shape index (κ3) is 4.31. The lowest BCUT2D eigenvalue weighted by molar-refractivity contribution is 0.509. The Balaban J connectivity index is 1.70. The predicted octanol–water partition coefficient (Wildman–Crippen LogP) is 4.31. The van der Waals surface area contributed by atoms with E-state index in [1.54, 1.807) is 40.2 Å². The zero-order valence-corrected chi connectivity index (χ0v) is 20.9. The average Bonchev–Trinajstić information content (AvgIpc) is 3.12. The first kappa shape index (κ1) is 23.2. The van der Waals surface area contributed by atoms with E-state index < -0.39 is 10.0 Å². The number of sulfonamides is 1. The molecule has 1 atom stereocenters. The Morgan fingerprint density at radius 2 is 2.16 bits per heavy atom. The highest BCUT2D eigenvalue weighted by Gasteiger charge is 2.24. The summed E-state index contributed by atoms with van der Waals surface area (Å²) in [6.45, 7) is 6.45. The molecule has 2 heterocycles. The van der Waals surface area contributed by atoms with Gasteiger partial charge in [0.2, 0.25) is 10.0 Å². The lowest BCUT2D eigenvalue weighted by Crippen LogP contribution is -2.23. The number of nitrogens with zero attached hydrogens (tertiary/aromatic N) is 3. The molecule has 2 aromatic heterocycles. The Morgan fingerprint density at radius 3 is 2.88 bits per heavy atom. The Hall–Kier alpha value is -1.94. The fourth-order valence-corrected chi connectivity index (χ4v) is 7.31. The van der Waals surface area contributed by atoms with E-state index in [0.717, 1.165) is 35.0 Å². The van der Waals surface area contributed by atoms with Crippen LogP contribution in [0.4, 0.5) is 0 Å². The number of hydrogen-bond donors (Lipinski definition) is 0. The van der Waals surface area contributed by atoms with Crippen LogP contribution in [0.1, 0.15) is 29.3 Å². The van der Waals surface area contributed by atoms with Gasteiger partial charge < -0.3 is 0 Å². The van der Waals surface area contributed by atoms with E-state index in [2.05, 4.69) is 13.5 Å². The molecule has 0 aliphatic heterocycles. The van der Waals surface area contributed by atoms with Gasteiger partial charge >= 0.3 is 0 Å². The van der Waals surface area contributed by atoms with Crippen molar-refractivity contribution in [1.82, 2.24) is 13.9 Å². The van der Waals surface area contributed by atoms with Gasteiger partial charge in [-0.3, -0.25) is 9.36 Å². The van der Waals surface area contributed by atoms with Crippen molar-refractivity contribution in [3.8, 4) is 0 Å². The van der Waals surface area contributed by atoms with Gasteiger partial charge in [-0.25, -0.2) is 17.7 Å². The van der Waals surface area contributed by atoms with Crippen molar-refractivity contribution in [2.75, 3.05) is 14.1 Å². The molecule has 0 saturated carbocycles. The van der Waals surface area contributed by atoms with Crippen molar-refractivity contribution < 1.29 is 8.42 Å². The van der Waals surface area contributed by atoms with Crippen LogP contribution in [0.3, 0.4) is 0 Å². The molecule has 0 amide bonds. The predicted molar refractivity (Wildman–Crippen MR) is 132 cm³/mol. The van der Waals surface area contributed by atoms with Crippen molar-refractivity contribution >= 4 is 43.3 Å². The zero-order valence-electron chi connectivity index (χ0n) is 18.5. The molecule has 1 aliphatic rings. The maximum atomic E-state index is 13.4. The number of allylic oxidation sites excluding steroid dienone is 1. The minimum absolute atomic E-state index is 0.00612. The van der Waals surface area contributed by atoms with Gasteiger partial charge in [-0.2, -0.15) is 0 Å². The first-order chi connectivity index (χ1) is 15.2. The standard InChI is InChI=1S/C23H27N3O3S3/c1-5-11-26-22(27)20-18-10-9-15(2)12-19(18)31-21(20)24-23(26)30-14-16-7-6-8-17(13-16)32(28,29)25(3)4/h5-8,13,15H,1,9-12,14H2,2-4H3/t15-/m0/s1. The van der Waals surface area contributed by atoms with Crippen LogP contribution in [0.5, 0.6) is 0 Å². The number of fused-ring (bicyclic) bond motifs is 3. The molecule has 3 aromatic rings. The molecule has 170 valence electrons. The smallest absolute Gasteiger partial charge is 0.263 e. The van der Waals surface area contributed by atoms with Gasteiger partial charge in [0.25, 0.3) is 5.56 Å². The molecule has 0 N–H and O–H groups in total. The second-order valence-corrected chi connectivity index (χ2v) is 12.5. The van der Waals surface area contributed by atoms with Crippen LogP contribution in [0, 0.1) is 5.92 Å². The van der Waals surface area contributed by atoms with Crippen LogP contribution < -0.4 is 5.56 Å². The minimum atomic E-state index is -3.50. The number of aromatic nitrogens is 2. The number of benzene rings is 1. The molecule has 0 spiro atoms. The highest BCUT2D eigenvalue weighted by atomic mass is 32.2. The normalized spacial score (nSPS) is 16.4. The van der Waals surface area contributed by atoms with E-state index in [9.17, 15) is 13.2 Å². The fourth-order valence-electron chi connectivity index (χ4n) is 3.96. The lowest BCUT2D eigenvalue weighted by Gasteiger charge is -2.17. The van der Waals surface area contributed by atoms with Crippen LogP contribution >= 0.6 is 23.1 Å². The van der Waals surface area contributed by atoms with Gasteiger partial charge in [-0.15, -0.1) is 17.9 Å². The summed E-state index contributed by atoms with van der Waals surface area (Å²) in [5.41, 5.74) is 2.03. The van der Waals surface area contributed by atoms with Crippen molar-refractivity contribution in [3.63, 3.8) is 0 Å². The largest absolute Gasteiger partial charge is 0.283 e. The summed E-state index contributed by atoms with van der Waals surface area (Å²) in [7, 11) is -0.461. The van der Waals surface area contributed by atoms with Crippen LogP contribution in [-0.4, -0.2) is 36.4 Å². The van der Waals surface area contributed by atoms with Crippen LogP contribution in [-0.2, 0) is 35.2 Å². The number of thiophene rings is 1. The average molecular weight is 490 g/mol. The molecule has 0 bridgehead atoms. The van der Waals surface area contributed by atoms with Crippen molar-refractivity contribution in [2.24, 2.45) is 5.92 Å². The molecular formula is C23H27N3O3S3. The summed E-state index contributed by atoms with van der Waals surface area (Å²) >= 11 is 3.09. The van der Waals surface area contributed by atoms with Gasteiger partial charge in [0, 0.05) is 31.3 Å². The Morgan fingerprint density at radius 1 is 1.38 bits per heavy atom. The highest BCUT2D eigenvalue weighted by Crippen LogP contribution is 2.36. The molecule has 0 saturated heterocycles. The van der Waals surface area contributed by atoms with E-state index in [1.165, 1.54) is 40.6 Å². The summed E-state index contributed by atoms with van der Waals surface area (Å²) < 4.78 is 27.8. The van der Waals surface area contributed by atoms with E-state index >= 15 is 0 Å². The Labute approximate surface area is 197 Å². The molecule has 1 aromatic carbocycles. The van der Waals surface area contributed by atoms with Gasteiger partial charge in [0.15, 0.2) is 5.16 Å². The molecule has 0 unspecified atom stereocenters. The molecule has 9 heteroatoms. The SMILES string of the molecule is C=CCn1c(SCc2cccc(S(=O)(=O)N(C)C)c2)nc2sc3c(c2c1=O)CC[C@H](C)C3. The summed E-state index contributed by atoms with van der Waals surface area (Å²) in [5, 5.41) is 1.40. The molecule has 4 rings (SSSR count). The van der Waals surface area contributed by atoms with Crippen LogP contribution in [0.15, 0.2) is 51.8 Å². The number of rotatable bonds is 7. The van der Waals surface area contributed by atoms with Crippen molar-refractivity contribution in [2.45, 2.75) is 48.5 Å². The number of hydrogen-bond acceptors (Lipinski definition) is 6. The molecule has 0 radical (unpaired) electrons. The highest BCUT2D eigenvalue weighted by molar-refractivity contribution is 7.98. The molecule has 1 aliphatic carbocycles. The number of thioether (sulfide) groups is 1. The number of aryl methyl sites for hydroxylation is 1. The van der Waals surface area contributed by atoms with Crippen molar-refractivity contribution in [3.05, 3.63) is 63.3 Å². The van der Waals surface area contributed by atoms with Gasteiger partial charge in [0.05, 0.1) is 10.3 Å². The summed E-state index contributed by atoms with van der Waals surface area (Å²) in [5.74, 6) is 1.14. The van der Waals surface area contributed by atoms with Gasteiger partial charge in [-0.1, -0.05) is 36.9 Å². The van der Waals surface area contributed by atoms with E-state index in [4.69, 9.17) is 4.98 Å². The molecular weight excluding hydrogens is 462 g/mol. The minimum Gasteiger partial charge on any atom is -0.283 e. The molecule has 32 heavy (non-hydrogen) atoms. The van der Waals surface area contributed by atoms with Crippen LogP contribution in [0.25, 0.3) is 10.2 Å². The lowest BCUT2D eigenvalue weighted by atomic mass is 9.89. The Bertz CT molecular complexity index is 1340. The quantitative estimate of drug-likeness (QED) is 0.281. The third-order valence-corrected chi connectivity index (χ3v) is 9.74. The summed E-state index contributed by atoms with van der Waals surface area (Å²) in [6, 6.07) is 6.91. The van der Waals surface area contributed by atoms with Crippen LogP contribution in [0.2, 0.25) is 0 Å². The monoisotopic (exact) mass is 489 g/mol. The van der Waals surface area contributed by atoms with Crippen molar-refractivity contribution in [1.29, 1.82) is 0 Å². The second-order valence-electron chi connectivity index (χ2n) is 8.35. The van der Waals surface area contributed by atoms with E-state index in [-0.39, 0.29) is 10.5 Å². The van der Waals surface area contributed by atoms with Gasteiger partial charge in [0.1, 0.15) is 4.83 Å². The summed E-state index contributed by atoms with van der Waals surface area (Å²) in [6.07, 6.45) is 4.75. The van der Waals surface area contributed by atoms with E-state index in [1.807, 2.05) is 6.07 Å². The first-order valence-corrected chi connectivity index (χ1v) is 13.8. The Kier molecular flexibility index (Phi) is 6.63. The maximum absolute atomic E-state index is 13.4. The topological polar surface area (TPSA) is 72.3 Å². The van der Waals surface area contributed by atoms with Gasteiger partial charge in [-0.05, 0) is 48.4 Å². The fraction of sp³-hybridized carbons (Fsp3) is 0.391. The maximum Gasteiger partial charge on any atom is 0.263 e.